The zero-order valence-electron chi connectivity index (χ0n) is 16.4. The van der Waals surface area contributed by atoms with Gasteiger partial charge in [0.05, 0.1) is 23.6 Å². The van der Waals surface area contributed by atoms with Crippen LogP contribution < -0.4 is 25.8 Å². The molecular formula is C20H26N4O4. The van der Waals surface area contributed by atoms with Crippen LogP contribution in [-0.4, -0.2) is 49.8 Å². The van der Waals surface area contributed by atoms with Gasteiger partial charge in [0.15, 0.2) is 0 Å². The van der Waals surface area contributed by atoms with Gasteiger partial charge in [-0.1, -0.05) is 12.1 Å². The first kappa shape index (κ1) is 18.8. The largest absolute Gasteiger partial charge is 0.489 e. The van der Waals surface area contributed by atoms with Crippen LogP contribution >= 0.6 is 0 Å². The summed E-state index contributed by atoms with van der Waals surface area (Å²) in [6.45, 7) is 4.62. The molecule has 0 bridgehead atoms. The van der Waals surface area contributed by atoms with Crippen LogP contribution in [0.5, 0.6) is 5.75 Å². The molecule has 0 aliphatic carbocycles. The Labute approximate surface area is 164 Å². The number of nitrogens with one attached hydrogen (secondary N) is 3. The molecule has 0 fully saturated rings. The molecule has 2 amide bonds. The van der Waals surface area contributed by atoms with Gasteiger partial charge in [0, 0.05) is 7.05 Å². The number of para-hydroxylation sites is 2. The van der Waals surface area contributed by atoms with Crippen molar-refractivity contribution >= 4 is 17.5 Å². The van der Waals surface area contributed by atoms with E-state index in [1.54, 1.807) is 7.05 Å². The third-order valence-electron chi connectivity index (χ3n) is 5.55. The number of hydrogen-bond donors (Lipinski definition) is 3. The molecule has 150 valence electrons. The Balaban J connectivity index is 1.47. The Bertz CT molecular complexity index is 835. The normalized spacial score (nSPS) is 26.4. The summed E-state index contributed by atoms with van der Waals surface area (Å²) in [6, 6.07) is 6.06. The van der Waals surface area contributed by atoms with E-state index in [-0.39, 0.29) is 24.0 Å². The van der Waals surface area contributed by atoms with E-state index in [0.717, 1.165) is 24.1 Å². The highest BCUT2D eigenvalue weighted by atomic mass is 16.5. The van der Waals surface area contributed by atoms with Gasteiger partial charge >= 0.3 is 0 Å². The van der Waals surface area contributed by atoms with Crippen molar-refractivity contribution in [3.05, 3.63) is 35.5 Å². The monoisotopic (exact) mass is 386 g/mol. The van der Waals surface area contributed by atoms with E-state index in [0.29, 0.717) is 18.0 Å². The molecule has 1 aromatic carbocycles. The molecule has 4 rings (SSSR count). The van der Waals surface area contributed by atoms with Crippen molar-refractivity contribution in [1.82, 2.24) is 16.2 Å². The summed E-state index contributed by atoms with van der Waals surface area (Å²) in [6.07, 6.45) is 1.57. The van der Waals surface area contributed by atoms with E-state index >= 15 is 0 Å². The minimum Gasteiger partial charge on any atom is -0.489 e. The number of hydrazine groups is 1. The molecule has 3 aliphatic heterocycles. The second-order valence-electron chi connectivity index (χ2n) is 7.99. The van der Waals surface area contributed by atoms with Crippen LogP contribution in [0.3, 0.4) is 0 Å². The minimum absolute atomic E-state index is 0.0914. The molecule has 2 atom stereocenters. The number of anilines is 1. The Morgan fingerprint density at radius 1 is 1.32 bits per heavy atom. The van der Waals surface area contributed by atoms with E-state index in [1.165, 1.54) is 4.90 Å². The quantitative estimate of drug-likeness (QED) is 0.698. The van der Waals surface area contributed by atoms with Crippen molar-refractivity contribution in [2.45, 2.75) is 44.4 Å². The van der Waals surface area contributed by atoms with Crippen LogP contribution in [0.15, 0.2) is 35.5 Å². The second kappa shape index (κ2) is 7.10. The number of likely N-dealkylation sites (N-methyl/N-ethyl adjacent to an activating group) is 1. The first-order valence-electron chi connectivity index (χ1n) is 9.53. The van der Waals surface area contributed by atoms with Gasteiger partial charge in [0.25, 0.3) is 5.91 Å². The van der Waals surface area contributed by atoms with Crippen molar-refractivity contribution in [3.8, 4) is 5.75 Å². The van der Waals surface area contributed by atoms with Gasteiger partial charge in [-0.25, -0.2) is 5.43 Å². The van der Waals surface area contributed by atoms with Crippen molar-refractivity contribution in [2.24, 2.45) is 0 Å². The Hall–Kier alpha value is -2.58. The lowest BCUT2D eigenvalue weighted by Gasteiger charge is -2.25. The fraction of sp³-hybridized carbons (Fsp3) is 0.500. The summed E-state index contributed by atoms with van der Waals surface area (Å²) in [4.78, 5) is 27.3. The number of ether oxygens (including phenoxy) is 2. The molecule has 0 saturated carbocycles. The van der Waals surface area contributed by atoms with E-state index in [4.69, 9.17) is 9.47 Å². The molecule has 8 nitrogen and oxygen atoms in total. The summed E-state index contributed by atoms with van der Waals surface area (Å²) in [5, 5.41) is 2.86. The van der Waals surface area contributed by atoms with Gasteiger partial charge in [0.2, 0.25) is 5.91 Å². The average molecular weight is 386 g/mol. The van der Waals surface area contributed by atoms with Gasteiger partial charge in [0.1, 0.15) is 24.4 Å². The Morgan fingerprint density at radius 2 is 2.11 bits per heavy atom. The lowest BCUT2D eigenvalue weighted by molar-refractivity contribution is -0.128. The van der Waals surface area contributed by atoms with E-state index in [1.807, 2.05) is 38.1 Å². The lowest BCUT2D eigenvalue weighted by Crippen LogP contribution is -2.54. The standard InChI is InChI=1S/C20H26N4O4/c1-20(2)9-8-12-13(11-28-20)22-23-17(12)18(25)21-14-10-27-16-7-5-4-6-15(16)24(3)19(14)26/h4-7,14,17,22-23H,8-11H2,1-3H3,(H,21,25)/t14-,17+/m0/s1. The number of carbonyl (C=O) groups is 2. The highest BCUT2D eigenvalue weighted by Crippen LogP contribution is 2.31. The van der Waals surface area contributed by atoms with Gasteiger partial charge in [-0.15, -0.1) is 0 Å². The smallest absolute Gasteiger partial charge is 0.252 e. The van der Waals surface area contributed by atoms with Gasteiger partial charge in [-0.2, -0.15) is 0 Å². The van der Waals surface area contributed by atoms with E-state index < -0.39 is 12.1 Å². The third kappa shape index (κ3) is 3.45. The minimum atomic E-state index is -0.755. The zero-order valence-corrected chi connectivity index (χ0v) is 16.4. The fourth-order valence-corrected chi connectivity index (χ4v) is 3.74. The number of hydrogen-bond acceptors (Lipinski definition) is 6. The molecule has 3 aliphatic rings. The Kier molecular flexibility index (Phi) is 4.76. The SMILES string of the molecule is CN1C(=O)[C@@H](NC(=O)[C@@H]2NNC3=C2CCC(C)(C)OC3)COc2ccccc21. The summed E-state index contributed by atoms with van der Waals surface area (Å²) < 4.78 is 11.7. The van der Waals surface area contributed by atoms with Crippen LogP contribution in [0, 0.1) is 0 Å². The molecular weight excluding hydrogens is 360 g/mol. The van der Waals surface area contributed by atoms with Crippen molar-refractivity contribution in [3.63, 3.8) is 0 Å². The van der Waals surface area contributed by atoms with E-state index in [2.05, 4.69) is 16.2 Å². The molecule has 0 spiro atoms. The molecule has 3 heterocycles. The van der Waals surface area contributed by atoms with Gasteiger partial charge in [-0.05, 0) is 44.4 Å². The average Bonchev–Trinajstić information content (AvgIpc) is 2.98. The second-order valence-corrected chi connectivity index (χ2v) is 7.99. The fourth-order valence-electron chi connectivity index (χ4n) is 3.74. The van der Waals surface area contributed by atoms with Crippen LogP contribution in [0.1, 0.15) is 26.7 Å². The molecule has 28 heavy (non-hydrogen) atoms. The number of benzene rings is 1. The van der Waals surface area contributed by atoms with Crippen LogP contribution in [0.25, 0.3) is 0 Å². The summed E-state index contributed by atoms with van der Waals surface area (Å²) in [5.41, 5.74) is 8.44. The molecule has 8 heteroatoms. The molecule has 1 aromatic rings. The van der Waals surface area contributed by atoms with Crippen LogP contribution in [0.2, 0.25) is 0 Å². The van der Waals surface area contributed by atoms with E-state index in [9.17, 15) is 9.59 Å². The number of amides is 2. The molecule has 0 aromatic heterocycles. The molecule has 0 unspecified atom stereocenters. The predicted molar refractivity (Wildman–Crippen MR) is 104 cm³/mol. The predicted octanol–water partition coefficient (Wildman–Crippen LogP) is 0.846. The van der Waals surface area contributed by atoms with Gasteiger partial charge in [-0.3, -0.25) is 9.59 Å². The highest BCUT2D eigenvalue weighted by molar-refractivity contribution is 6.01. The van der Waals surface area contributed by atoms with Crippen molar-refractivity contribution in [2.75, 3.05) is 25.2 Å². The summed E-state index contributed by atoms with van der Waals surface area (Å²) in [7, 11) is 1.69. The first-order valence-corrected chi connectivity index (χ1v) is 9.53. The number of fused-ring (bicyclic) bond motifs is 1. The number of nitrogens with zero attached hydrogens (tertiary/aromatic N) is 1. The van der Waals surface area contributed by atoms with Crippen molar-refractivity contribution in [1.29, 1.82) is 0 Å². The summed E-state index contributed by atoms with van der Waals surface area (Å²) >= 11 is 0. The zero-order chi connectivity index (χ0) is 19.9. The highest BCUT2D eigenvalue weighted by Gasteiger charge is 2.38. The molecule has 3 N–H and O–H groups in total. The maximum atomic E-state index is 13.0. The van der Waals surface area contributed by atoms with Crippen molar-refractivity contribution < 1.29 is 19.1 Å². The molecule has 0 radical (unpaired) electrons. The number of carbonyl (C=O) groups excluding carboxylic acids is 2. The topological polar surface area (TPSA) is 91.9 Å². The molecule has 0 saturated heterocycles. The first-order chi connectivity index (χ1) is 13.4. The van der Waals surface area contributed by atoms with Crippen LogP contribution in [0.4, 0.5) is 5.69 Å². The van der Waals surface area contributed by atoms with Gasteiger partial charge < -0.3 is 25.1 Å². The number of rotatable bonds is 2. The third-order valence-corrected chi connectivity index (χ3v) is 5.55. The van der Waals surface area contributed by atoms with Crippen LogP contribution in [-0.2, 0) is 14.3 Å². The lowest BCUT2D eigenvalue weighted by atomic mass is 9.95. The maximum Gasteiger partial charge on any atom is 0.252 e. The Morgan fingerprint density at radius 3 is 2.93 bits per heavy atom. The maximum absolute atomic E-state index is 13.0. The summed E-state index contributed by atoms with van der Waals surface area (Å²) in [5.74, 6) is 0.172.